The summed E-state index contributed by atoms with van der Waals surface area (Å²) in [5.41, 5.74) is 10.3. The number of aliphatic imine (C=N–C) groups is 1. The third-order valence-corrected chi connectivity index (χ3v) is 1.68. The van der Waals surface area contributed by atoms with Crippen LogP contribution >= 0.6 is 0 Å². The molecule has 0 amide bonds. The second-order valence-electron chi connectivity index (χ2n) is 2.96. The molecule has 0 spiro atoms. The van der Waals surface area contributed by atoms with Crippen LogP contribution in [0.25, 0.3) is 0 Å². The molecule has 0 aliphatic heterocycles. The van der Waals surface area contributed by atoms with Crippen LogP contribution in [-0.4, -0.2) is 19.1 Å². The van der Waals surface area contributed by atoms with Crippen LogP contribution < -0.4 is 16.2 Å². The minimum atomic E-state index is -0.275. The van der Waals surface area contributed by atoms with Gasteiger partial charge in [-0.3, -0.25) is 4.99 Å². The van der Waals surface area contributed by atoms with E-state index >= 15 is 0 Å². The number of nitrogens with two attached hydrogens (primary N) is 2. The lowest BCUT2D eigenvalue weighted by atomic mass is 10.3. The van der Waals surface area contributed by atoms with Crippen LogP contribution in [0.5, 0.6) is 5.75 Å². The summed E-state index contributed by atoms with van der Waals surface area (Å²) >= 11 is 0. The topological polar surface area (TPSA) is 73.6 Å². The van der Waals surface area contributed by atoms with Gasteiger partial charge < -0.3 is 16.2 Å². The molecule has 82 valence electrons. The van der Waals surface area contributed by atoms with Gasteiger partial charge in [-0.1, -0.05) is 0 Å². The van der Waals surface area contributed by atoms with E-state index < -0.39 is 0 Å². The Bertz CT molecular complexity index is 320. The van der Waals surface area contributed by atoms with Crippen molar-refractivity contribution < 1.29 is 9.13 Å². The van der Waals surface area contributed by atoms with Gasteiger partial charge in [-0.2, -0.15) is 0 Å². The Hall–Kier alpha value is -1.78. The van der Waals surface area contributed by atoms with Gasteiger partial charge in [0.2, 0.25) is 0 Å². The molecular weight excluding hydrogens is 197 g/mol. The Labute approximate surface area is 87.7 Å². The first kappa shape index (κ1) is 11.3. The maximum Gasteiger partial charge on any atom is 0.185 e. The summed E-state index contributed by atoms with van der Waals surface area (Å²) in [5, 5.41) is 0. The molecule has 0 saturated heterocycles. The first-order valence-corrected chi connectivity index (χ1v) is 4.62. The third-order valence-electron chi connectivity index (χ3n) is 1.68. The van der Waals surface area contributed by atoms with Crippen molar-refractivity contribution in [2.45, 2.75) is 6.42 Å². The predicted octanol–water partition coefficient (Wildman–Crippen LogP) is 0.868. The Morgan fingerprint density at radius 2 is 1.93 bits per heavy atom. The van der Waals surface area contributed by atoms with E-state index in [1.54, 1.807) is 12.1 Å². The normalized spacial score (nSPS) is 9.67. The minimum absolute atomic E-state index is 0.0804. The lowest BCUT2D eigenvalue weighted by Gasteiger charge is -2.04. The molecule has 0 radical (unpaired) electrons. The fourth-order valence-electron chi connectivity index (χ4n) is 0.994. The number of ether oxygens (including phenoxy) is 1. The Morgan fingerprint density at radius 1 is 1.27 bits per heavy atom. The lowest BCUT2D eigenvalue weighted by molar-refractivity contribution is 0.313. The van der Waals surface area contributed by atoms with Crippen LogP contribution in [0.15, 0.2) is 29.3 Å². The summed E-state index contributed by atoms with van der Waals surface area (Å²) in [4.78, 5) is 3.80. The molecule has 0 saturated carbocycles. The van der Waals surface area contributed by atoms with Crippen LogP contribution in [0.4, 0.5) is 4.39 Å². The van der Waals surface area contributed by atoms with Crippen LogP contribution in [0.2, 0.25) is 0 Å². The summed E-state index contributed by atoms with van der Waals surface area (Å²) in [5.74, 6) is 0.445. The number of rotatable bonds is 5. The fourth-order valence-corrected chi connectivity index (χ4v) is 0.994. The minimum Gasteiger partial charge on any atom is -0.494 e. The van der Waals surface area contributed by atoms with Crippen LogP contribution in [0.1, 0.15) is 6.42 Å². The monoisotopic (exact) mass is 211 g/mol. The highest BCUT2D eigenvalue weighted by Gasteiger charge is 1.94. The number of guanidine groups is 1. The molecular formula is C10H14FN3O. The summed E-state index contributed by atoms with van der Waals surface area (Å²) in [6.45, 7) is 1.03. The van der Waals surface area contributed by atoms with Crippen molar-refractivity contribution >= 4 is 5.96 Å². The second kappa shape index (κ2) is 5.85. The van der Waals surface area contributed by atoms with Crippen molar-refractivity contribution in [2.24, 2.45) is 16.5 Å². The van der Waals surface area contributed by atoms with E-state index in [2.05, 4.69) is 4.99 Å². The lowest BCUT2D eigenvalue weighted by Crippen LogP contribution is -2.23. The molecule has 0 atom stereocenters. The molecule has 4 N–H and O–H groups in total. The molecule has 4 nitrogen and oxygen atoms in total. The number of halogens is 1. The molecule has 0 heterocycles. The van der Waals surface area contributed by atoms with E-state index in [-0.39, 0.29) is 11.8 Å². The first-order valence-electron chi connectivity index (χ1n) is 4.62. The second-order valence-corrected chi connectivity index (χ2v) is 2.96. The van der Waals surface area contributed by atoms with E-state index in [4.69, 9.17) is 16.2 Å². The average molecular weight is 211 g/mol. The van der Waals surface area contributed by atoms with E-state index in [1.165, 1.54) is 12.1 Å². The molecule has 0 aliphatic carbocycles. The zero-order valence-corrected chi connectivity index (χ0v) is 8.32. The summed E-state index contributed by atoms with van der Waals surface area (Å²) in [6.07, 6.45) is 0.718. The molecule has 1 aromatic rings. The zero-order chi connectivity index (χ0) is 11.1. The highest BCUT2D eigenvalue weighted by atomic mass is 19.1. The molecule has 1 rings (SSSR count). The van der Waals surface area contributed by atoms with E-state index in [0.717, 1.165) is 6.42 Å². The molecule has 0 aromatic heterocycles. The van der Waals surface area contributed by atoms with Crippen LogP contribution in [0.3, 0.4) is 0 Å². The van der Waals surface area contributed by atoms with Crippen molar-refractivity contribution in [1.82, 2.24) is 0 Å². The van der Waals surface area contributed by atoms with Gasteiger partial charge in [-0.15, -0.1) is 0 Å². The highest BCUT2D eigenvalue weighted by molar-refractivity contribution is 5.75. The zero-order valence-electron chi connectivity index (χ0n) is 8.32. The number of benzene rings is 1. The van der Waals surface area contributed by atoms with Gasteiger partial charge in [0, 0.05) is 13.0 Å². The Kier molecular flexibility index (Phi) is 4.40. The fraction of sp³-hybridized carbons (Fsp3) is 0.300. The van der Waals surface area contributed by atoms with Crippen molar-refractivity contribution in [3.63, 3.8) is 0 Å². The average Bonchev–Trinajstić information content (AvgIpc) is 2.20. The predicted molar refractivity (Wildman–Crippen MR) is 57.2 cm³/mol. The largest absolute Gasteiger partial charge is 0.494 e. The summed E-state index contributed by atoms with van der Waals surface area (Å²) < 4.78 is 17.8. The number of hydrogen-bond donors (Lipinski definition) is 2. The molecule has 0 fully saturated rings. The molecule has 0 bridgehead atoms. The van der Waals surface area contributed by atoms with Crippen molar-refractivity contribution in [3.8, 4) is 5.75 Å². The van der Waals surface area contributed by atoms with Crippen molar-refractivity contribution in [3.05, 3.63) is 30.1 Å². The van der Waals surface area contributed by atoms with E-state index in [9.17, 15) is 4.39 Å². The van der Waals surface area contributed by atoms with E-state index in [1.807, 2.05) is 0 Å². The van der Waals surface area contributed by atoms with Gasteiger partial charge in [0.25, 0.3) is 0 Å². The van der Waals surface area contributed by atoms with Gasteiger partial charge in [0.1, 0.15) is 11.6 Å². The molecule has 1 aromatic carbocycles. The Balaban J connectivity index is 2.20. The highest BCUT2D eigenvalue weighted by Crippen LogP contribution is 2.10. The van der Waals surface area contributed by atoms with Gasteiger partial charge >= 0.3 is 0 Å². The van der Waals surface area contributed by atoms with Gasteiger partial charge in [-0.05, 0) is 24.3 Å². The molecule has 0 unspecified atom stereocenters. The summed E-state index contributed by atoms with van der Waals surface area (Å²) in [7, 11) is 0. The molecule has 0 aliphatic rings. The standard InChI is InChI=1S/C10H14FN3O/c11-8-2-4-9(5-3-8)15-7-1-6-14-10(12)13/h2-5H,1,6-7H2,(H4,12,13,14). The maximum atomic E-state index is 12.5. The Morgan fingerprint density at radius 3 is 2.53 bits per heavy atom. The summed E-state index contributed by atoms with van der Waals surface area (Å²) in [6, 6.07) is 5.86. The molecule has 5 heteroatoms. The van der Waals surface area contributed by atoms with E-state index in [0.29, 0.717) is 18.9 Å². The van der Waals surface area contributed by atoms with Crippen LogP contribution in [0, 0.1) is 5.82 Å². The van der Waals surface area contributed by atoms with Gasteiger partial charge in [0.05, 0.1) is 6.61 Å². The van der Waals surface area contributed by atoms with Crippen LogP contribution in [-0.2, 0) is 0 Å². The number of hydrogen-bond acceptors (Lipinski definition) is 2. The first-order chi connectivity index (χ1) is 7.18. The van der Waals surface area contributed by atoms with Crippen molar-refractivity contribution in [1.29, 1.82) is 0 Å². The van der Waals surface area contributed by atoms with Gasteiger partial charge in [0.15, 0.2) is 5.96 Å². The molecule has 15 heavy (non-hydrogen) atoms. The third kappa shape index (κ3) is 4.85. The van der Waals surface area contributed by atoms with Crippen molar-refractivity contribution in [2.75, 3.05) is 13.2 Å². The quantitative estimate of drug-likeness (QED) is 0.431. The van der Waals surface area contributed by atoms with Gasteiger partial charge in [-0.25, -0.2) is 4.39 Å². The SMILES string of the molecule is NC(N)=NCCCOc1ccc(F)cc1. The number of nitrogens with zero attached hydrogens (tertiary/aromatic N) is 1. The smallest absolute Gasteiger partial charge is 0.185 e. The maximum absolute atomic E-state index is 12.5.